The summed E-state index contributed by atoms with van der Waals surface area (Å²) in [5.74, 6) is 3.34. The Labute approximate surface area is 171 Å². The molecule has 0 spiro atoms. The van der Waals surface area contributed by atoms with Gasteiger partial charge in [0, 0.05) is 12.2 Å². The number of rotatable bonds is 4. The molecule has 10 heteroatoms. The first-order chi connectivity index (χ1) is 14.1. The molecule has 0 radical (unpaired) electrons. The molecule has 0 aliphatic carbocycles. The number of anilines is 1. The van der Waals surface area contributed by atoms with Gasteiger partial charge in [-0.15, -0.1) is 21.5 Å². The van der Waals surface area contributed by atoms with E-state index in [4.69, 9.17) is 9.97 Å². The summed E-state index contributed by atoms with van der Waals surface area (Å²) in [6.07, 6.45) is 4.50. The lowest BCUT2D eigenvalue weighted by Gasteiger charge is -2.39. The topological polar surface area (TPSA) is 101 Å². The van der Waals surface area contributed by atoms with Crippen molar-refractivity contribution in [1.29, 1.82) is 0 Å². The van der Waals surface area contributed by atoms with Crippen LogP contribution in [0.5, 0.6) is 0 Å². The first-order valence-corrected chi connectivity index (χ1v) is 10.5. The summed E-state index contributed by atoms with van der Waals surface area (Å²) in [6, 6.07) is 2.26. The Balaban J connectivity index is 1.71. The SMILES string of the molecule is CC[C@@H]1c2nnc(C)n2-c2cnc(-c3scnc3-c3ccn[nH]3)nc2N1C(C)C. The van der Waals surface area contributed by atoms with Gasteiger partial charge in [-0.25, -0.2) is 15.0 Å². The summed E-state index contributed by atoms with van der Waals surface area (Å²) >= 11 is 1.52. The third-order valence-corrected chi connectivity index (χ3v) is 6.01. The Morgan fingerprint density at radius 3 is 2.83 bits per heavy atom. The molecule has 0 saturated heterocycles. The molecule has 148 valence electrons. The first kappa shape index (κ1) is 17.9. The van der Waals surface area contributed by atoms with Gasteiger partial charge in [0.15, 0.2) is 17.5 Å². The number of hydrogen-bond acceptors (Lipinski definition) is 8. The Morgan fingerprint density at radius 2 is 2.10 bits per heavy atom. The van der Waals surface area contributed by atoms with Crippen LogP contribution in [0.4, 0.5) is 5.82 Å². The van der Waals surface area contributed by atoms with Gasteiger partial charge in [0.25, 0.3) is 0 Å². The molecule has 4 aromatic rings. The quantitative estimate of drug-likeness (QED) is 0.552. The van der Waals surface area contributed by atoms with Gasteiger partial charge in [-0.2, -0.15) is 5.10 Å². The molecule has 0 bridgehead atoms. The van der Waals surface area contributed by atoms with Gasteiger partial charge in [0.1, 0.15) is 22.1 Å². The maximum absolute atomic E-state index is 5.02. The predicted molar refractivity (Wildman–Crippen MR) is 111 cm³/mol. The minimum atomic E-state index is 0.111. The molecule has 1 atom stereocenters. The van der Waals surface area contributed by atoms with E-state index in [2.05, 4.69) is 55.6 Å². The minimum absolute atomic E-state index is 0.111. The minimum Gasteiger partial charge on any atom is -0.342 e. The molecular weight excluding hydrogens is 386 g/mol. The Kier molecular flexibility index (Phi) is 4.16. The number of H-pyrrole nitrogens is 1. The van der Waals surface area contributed by atoms with Crippen molar-refractivity contribution in [3.05, 3.63) is 35.6 Å². The highest BCUT2D eigenvalue weighted by atomic mass is 32.1. The molecule has 1 N–H and O–H groups in total. The lowest BCUT2D eigenvalue weighted by molar-refractivity contribution is 0.496. The molecule has 1 aliphatic rings. The monoisotopic (exact) mass is 407 g/mol. The van der Waals surface area contributed by atoms with Crippen molar-refractivity contribution < 1.29 is 0 Å². The van der Waals surface area contributed by atoms with E-state index in [1.165, 1.54) is 11.3 Å². The van der Waals surface area contributed by atoms with Gasteiger partial charge in [0.2, 0.25) is 0 Å². The van der Waals surface area contributed by atoms with E-state index < -0.39 is 0 Å². The third kappa shape index (κ3) is 2.66. The fraction of sp³-hybridized carbons (Fsp3) is 0.368. The highest BCUT2D eigenvalue weighted by molar-refractivity contribution is 7.13. The molecule has 5 heterocycles. The Hall–Kier alpha value is -3.14. The lowest BCUT2D eigenvalue weighted by Crippen LogP contribution is -2.40. The summed E-state index contributed by atoms with van der Waals surface area (Å²) in [5, 5.41) is 15.8. The molecule has 0 unspecified atom stereocenters. The van der Waals surface area contributed by atoms with Crippen LogP contribution < -0.4 is 4.90 Å². The largest absolute Gasteiger partial charge is 0.342 e. The highest BCUT2D eigenvalue weighted by Crippen LogP contribution is 2.41. The van der Waals surface area contributed by atoms with Crippen molar-refractivity contribution in [3.63, 3.8) is 0 Å². The molecule has 0 fully saturated rings. The van der Waals surface area contributed by atoms with Crippen molar-refractivity contribution in [1.82, 2.24) is 39.9 Å². The molecule has 0 amide bonds. The second-order valence-corrected chi connectivity index (χ2v) is 8.12. The van der Waals surface area contributed by atoms with Crippen LogP contribution in [-0.4, -0.2) is 46.0 Å². The van der Waals surface area contributed by atoms with Crippen molar-refractivity contribution >= 4 is 17.2 Å². The molecule has 0 aromatic carbocycles. The van der Waals surface area contributed by atoms with E-state index in [0.717, 1.165) is 45.8 Å². The Morgan fingerprint density at radius 1 is 1.24 bits per heavy atom. The number of aromatic amines is 1. The van der Waals surface area contributed by atoms with Crippen LogP contribution in [0.15, 0.2) is 24.0 Å². The number of nitrogens with zero attached hydrogens (tertiary/aromatic N) is 8. The predicted octanol–water partition coefficient (Wildman–Crippen LogP) is 3.56. The lowest BCUT2D eigenvalue weighted by atomic mass is 10.1. The zero-order valence-corrected chi connectivity index (χ0v) is 17.5. The number of fused-ring (bicyclic) bond motifs is 3. The van der Waals surface area contributed by atoms with Gasteiger partial charge < -0.3 is 4.90 Å². The Bertz CT molecular complexity index is 1160. The van der Waals surface area contributed by atoms with E-state index in [9.17, 15) is 0 Å². The number of nitrogens with one attached hydrogen (secondary N) is 1. The smallest absolute Gasteiger partial charge is 0.174 e. The van der Waals surface area contributed by atoms with Crippen LogP contribution in [0, 0.1) is 6.92 Å². The summed E-state index contributed by atoms with van der Waals surface area (Å²) < 4.78 is 2.08. The van der Waals surface area contributed by atoms with Gasteiger partial charge in [0.05, 0.1) is 23.4 Å². The number of thiazole rings is 1. The van der Waals surface area contributed by atoms with Crippen LogP contribution in [0.1, 0.15) is 44.9 Å². The summed E-state index contributed by atoms with van der Waals surface area (Å²) in [5.41, 5.74) is 4.39. The molecule has 9 nitrogen and oxygen atoms in total. The zero-order chi connectivity index (χ0) is 20.1. The fourth-order valence-electron chi connectivity index (χ4n) is 3.96. The average molecular weight is 408 g/mol. The van der Waals surface area contributed by atoms with E-state index >= 15 is 0 Å². The van der Waals surface area contributed by atoms with Crippen LogP contribution in [0.3, 0.4) is 0 Å². The molecular formula is C19H21N9S. The summed E-state index contributed by atoms with van der Waals surface area (Å²) in [4.78, 5) is 17.5. The van der Waals surface area contributed by atoms with Crippen LogP contribution >= 0.6 is 11.3 Å². The number of hydrogen-bond donors (Lipinski definition) is 1. The highest BCUT2D eigenvalue weighted by Gasteiger charge is 2.36. The maximum atomic E-state index is 5.02. The second-order valence-electron chi connectivity index (χ2n) is 7.27. The van der Waals surface area contributed by atoms with E-state index in [1.54, 1.807) is 6.20 Å². The number of aryl methyl sites for hydroxylation is 1. The summed E-state index contributed by atoms with van der Waals surface area (Å²) in [6.45, 7) is 8.48. The molecule has 0 saturated carbocycles. The summed E-state index contributed by atoms with van der Waals surface area (Å²) in [7, 11) is 0. The fourth-order valence-corrected chi connectivity index (χ4v) is 4.70. The standard InChI is InChI=1S/C19H21N9S/c1-5-13-19-26-24-11(4)28(19)14-8-20-17(23-18(14)27(13)10(2)3)16-15(21-9-29-16)12-6-7-22-25-12/h6-10,13H,5H2,1-4H3,(H,22,25)/t13-/m1/s1. The molecule has 1 aliphatic heterocycles. The van der Waals surface area contributed by atoms with E-state index in [1.807, 2.05) is 24.7 Å². The van der Waals surface area contributed by atoms with Crippen molar-refractivity contribution in [3.8, 4) is 27.8 Å². The van der Waals surface area contributed by atoms with Crippen LogP contribution in [0.25, 0.3) is 27.8 Å². The van der Waals surface area contributed by atoms with Crippen molar-refractivity contribution in [2.45, 2.75) is 46.2 Å². The van der Waals surface area contributed by atoms with Crippen molar-refractivity contribution in [2.75, 3.05) is 4.90 Å². The van der Waals surface area contributed by atoms with Gasteiger partial charge >= 0.3 is 0 Å². The number of aromatic nitrogens is 8. The molecule has 4 aromatic heterocycles. The van der Waals surface area contributed by atoms with Gasteiger partial charge in [-0.3, -0.25) is 9.67 Å². The van der Waals surface area contributed by atoms with Gasteiger partial charge in [-0.1, -0.05) is 6.92 Å². The maximum Gasteiger partial charge on any atom is 0.174 e. The van der Waals surface area contributed by atoms with Crippen LogP contribution in [0.2, 0.25) is 0 Å². The zero-order valence-electron chi connectivity index (χ0n) is 16.7. The average Bonchev–Trinajstić information content (AvgIpc) is 3.46. The normalized spacial score (nSPS) is 15.6. The van der Waals surface area contributed by atoms with E-state index in [0.29, 0.717) is 5.82 Å². The first-order valence-electron chi connectivity index (χ1n) is 9.61. The van der Waals surface area contributed by atoms with Crippen LogP contribution in [-0.2, 0) is 0 Å². The van der Waals surface area contributed by atoms with Gasteiger partial charge in [-0.05, 0) is 33.3 Å². The third-order valence-electron chi connectivity index (χ3n) is 5.19. The molecule has 5 rings (SSSR count). The van der Waals surface area contributed by atoms with Crippen molar-refractivity contribution in [2.24, 2.45) is 0 Å². The second kappa shape index (κ2) is 6.73. The van der Waals surface area contributed by atoms with E-state index in [-0.39, 0.29) is 12.1 Å². The molecule has 29 heavy (non-hydrogen) atoms.